The molecule has 0 unspecified atom stereocenters. The highest BCUT2D eigenvalue weighted by Gasteiger charge is 2.35. The lowest BCUT2D eigenvalue weighted by Gasteiger charge is -2.13. The molecule has 0 aliphatic rings. The summed E-state index contributed by atoms with van der Waals surface area (Å²) in [7, 11) is 3.51. The Morgan fingerprint density at radius 3 is 2.12 bits per heavy atom. The molecule has 8 heteroatoms. The Hall–Kier alpha value is -3.42. The molecule has 3 rings (SSSR count). The molecule has 0 radical (unpaired) electrons. The van der Waals surface area contributed by atoms with E-state index in [0.29, 0.717) is 22.9 Å². The molecule has 2 aromatic heterocycles. The Balaban J connectivity index is 2.44. The fourth-order valence-electron chi connectivity index (χ4n) is 4.20. The summed E-state index contributed by atoms with van der Waals surface area (Å²) in [5, 5.41) is 1.04. The zero-order chi connectivity index (χ0) is 24.1. The topological polar surface area (TPSA) is 83.3 Å². The highest BCUT2D eigenvalue weighted by molar-refractivity contribution is 6.19. The molecule has 3 aromatic rings. The Morgan fingerprint density at radius 1 is 0.848 bits per heavy atom. The fourth-order valence-corrected chi connectivity index (χ4v) is 4.20. The molecule has 33 heavy (non-hydrogen) atoms. The number of methoxy groups -OCH3 is 3. The van der Waals surface area contributed by atoms with Crippen molar-refractivity contribution < 1.29 is 33.0 Å². The van der Waals surface area contributed by atoms with Crippen molar-refractivity contribution in [3.05, 3.63) is 52.6 Å². The van der Waals surface area contributed by atoms with E-state index >= 15 is 0 Å². The summed E-state index contributed by atoms with van der Waals surface area (Å²) < 4.78 is 30.6. The minimum atomic E-state index is -0.891. The standard InChI is InChI=1S/C25H28FNO6/c1-5-6-7-8-9-10-17-13-15-11-12-16(26)14-18(15)21-19(23(28)31-2)20(24(29)32-3)22(27(17)21)25(30)33-4/h11-14H,5-10H2,1-4H3. The summed E-state index contributed by atoms with van der Waals surface area (Å²) >= 11 is 0. The van der Waals surface area contributed by atoms with Crippen molar-refractivity contribution in [2.45, 2.75) is 45.4 Å². The van der Waals surface area contributed by atoms with Gasteiger partial charge < -0.3 is 18.6 Å². The number of aromatic nitrogens is 1. The van der Waals surface area contributed by atoms with Crippen LogP contribution in [0.25, 0.3) is 16.3 Å². The Kier molecular flexibility index (Phi) is 7.68. The van der Waals surface area contributed by atoms with Crippen molar-refractivity contribution in [1.82, 2.24) is 4.40 Å². The molecule has 0 aliphatic carbocycles. The third-order valence-electron chi connectivity index (χ3n) is 5.74. The minimum Gasteiger partial charge on any atom is -0.465 e. The van der Waals surface area contributed by atoms with Crippen molar-refractivity contribution in [2.75, 3.05) is 21.3 Å². The predicted molar refractivity (Wildman–Crippen MR) is 121 cm³/mol. The number of fused-ring (bicyclic) bond motifs is 3. The van der Waals surface area contributed by atoms with Gasteiger partial charge in [0.15, 0.2) is 0 Å². The number of pyridine rings is 1. The van der Waals surface area contributed by atoms with Gasteiger partial charge in [-0.3, -0.25) is 0 Å². The van der Waals surface area contributed by atoms with Crippen LogP contribution in [0.4, 0.5) is 4.39 Å². The Labute approximate surface area is 191 Å². The number of hydrogen-bond acceptors (Lipinski definition) is 6. The smallest absolute Gasteiger partial charge is 0.355 e. The second kappa shape index (κ2) is 10.5. The van der Waals surface area contributed by atoms with E-state index in [9.17, 15) is 18.8 Å². The van der Waals surface area contributed by atoms with Gasteiger partial charge >= 0.3 is 17.9 Å². The molecular formula is C25H28FNO6. The zero-order valence-corrected chi connectivity index (χ0v) is 19.3. The maximum Gasteiger partial charge on any atom is 0.355 e. The molecule has 0 N–H and O–H groups in total. The van der Waals surface area contributed by atoms with Crippen LogP contribution in [0.15, 0.2) is 24.3 Å². The van der Waals surface area contributed by atoms with Crippen LogP contribution in [0.1, 0.15) is 75.9 Å². The number of carbonyl (C=O) groups is 3. The van der Waals surface area contributed by atoms with Crippen molar-refractivity contribution in [3.63, 3.8) is 0 Å². The second-order valence-corrected chi connectivity index (χ2v) is 7.79. The van der Waals surface area contributed by atoms with Crippen LogP contribution >= 0.6 is 0 Å². The number of aryl methyl sites for hydroxylation is 1. The Bertz CT molecular complexity index is 1210. The monoisotopic (exact) mass is 457 g/mol. The van der Waals surface area contributed by atoms with Gasteiger partial charge in [0.25, 0.3) is 0 Å². The van der Waals surface area contributed by atoms with Gasteiger partial charge in [0, 0.05) is 11.1 Å². The number of carbonyl (C=O) groups excluding carboxylic acids is 3. The van der Waals surface area contributed by atoms with Gasteiger partial charge in [-0.1, -0.05) is 38.7 Å². The van der Waals surface area contributed by atoms with Crippen LogP contribution in [0.5, 0.6) is 0 Å². The molecule has 0 amide bonds. The molecule has 0 atom stereocenters. The number of nitrogens with zero attached hydrogens (tertiary/aromatic N) is 1. The molecule has 0 bridgehead atoms. The molecule has 176 valence electrons. The van der Waals surface area contributed by atoms with E-state index in [0.717, 1.165) is 39.2 Å². The normalized spacial score (nSPS) is 11.1. The maximum absolute atomic E-state index is 14.2. The first kappa shape index (κ1) is 24.2. The maximum atomic E-state index is 14.2. The van der Waals surface area contributed by atoms with Gasteiger partial charge in [-0.15, -0.1) is 0 Å². The lowest BCUT2D eigenvalue weighted by molar-refractivity contribution is 0.0536. The first-order valence-electron chi connectivity index (χ1n) is 10.9. The minimum absolute atomic E-state index is 0.144. The molecule has 2 heterocycles. The number of hydrogen-bond donors (Lipinski definition) is 0. The lowest BCUT2D eigenvalue weighted by Crippen LogP contribution is -2.16. The van der Waals surface area contributed by atoms with E-state index in [1.165, 1.54) is 30.8 Å². The van der Waals surface area contributed by atoms with Gasteiger partial charge in [0.2, 0.25) is 0 Å². The number of ether oxygens (including phenoxy) is 3. The summed E-state index contributed by atoms with van der Waals surface area (Å²) in [4.78, 5) is 38.5. The molecule has 0 saturated heterocycles. The number of unbranched alkanes of at least 4 members (excludes halogenated alkanes) is 4. The van der Waals surface area contributed by atoms with E-state index in [1.807, 2.05) is 6.07 Å². The summed E-state index contributed by atoms with van der Waals surface area (Å²) in [5.41, 5.74) is 0.340. The van der Waals surface area contributed by atoms with Gasteiger partial charge in [-0.05, 0) is 36.4 Å². The van der Waals surface area contributed by atoms with E-state index in [1.54, 1.807) is 6.07 Å². The fraction of sp³-hybridized carbons (Fsp3) is 0.400. The van der Waals surface area contributed by atoms with Crippen LogP contribution in [0.3, 0.4) is 0 Å². The molecule has 1 aromatic carbocycles. The van der Waals surface area contributed by atoms with Crippen molar-refractivity contribution in [2.24, 2.45) is 0 Å². The van der Waals surface area contributed by atoms with Crippen LogP contribution in [-0.2, 0) is 20.6 Å². The van der Waals surface area contributed by atoms with E-state index in [4.69, 9.17) is 14.2 Å². The van der Waals surface area contributed by atoms with Gasteiger partial charge in [-0.25, -0.2) is 18.8 Å². The molecule has 0 spiro atoms. The first-order valence-corrected chi connectivity index (χ1v) is 10.9. The lowest BCUT2D eigenvalue weighted by atomic mass is 10.0. The molecule has 7 nitrogen and oxygen atoms in total. The van der Waals surface area contributed by atoms with Crippen molar-refractivity contribution >= 4 is 34.2 Å². The highest BCUT2D eigenvalue weighted by atomic mass is 19.1. The summed E-state index contributed by atoms with van der Waals surface area (Å²) in [6.07, 6.45) is 5.71. The number of rotatable bonds is 9. The third kappa shape index (κ3) is 4.55. The summed E-state index contributed by atoms with van der Waals surface area (Å²) in [6.45, 7) is 2.14. The number of benzene rings is 1. The number of halogens is 1. The van der Waals surface area contributed by atoms with Crippen molar-refractivity contribution in [1.29, 1.82) is 0 Å². The van der Waals surface area contributed by atoms with Gasteiger partial charge in [0.1, 0.15) is 22.6 Å². The number of esters is 3. The average Bonchev–Trinajstić information content (AvgIpc) is 3.19. The quantitative estimate of drug-likeness (QED) is 0.252. The first-order chi connectivity index (χ1) is 15.9. The van der Waals surface area contributed by atoms with Crippen LogP contribution < -0.4 is 0 Å². The SMILES string of the molecule is CCCCCCCc1cc2ccc(F)cc2c2c(C(=O)OC)c(C(=O)OC)c(C(=O)OC)n12. The zero-order valence-electron chi connectivity index (χ0n) is 19.3. The van der Waals surface area contributed by atoms with Gasteiger partial charge in [-0.2, -0.15) is 0 Å². The van der Waals surface area contributed by atoms with Gasteiger partial charge in [0.05, 0.1) is 26.8 Å². The summed E-state index contributed by atoms with van der Waals surface area (Å²) in [6, 6.07) is 6.04. The molecular weight excluding hydrogens is 429 g/mol. The second-order valence-electron chi connectivity index (χ2n) is 7.79. The molecule has 0 fully saturated rings. The van der Waals surface area contributed by atoms with E-state index in [-0.39, 0.29) is 22.3 Å². The predicted octanol–water partition coefficient (Wildman–Crippen LogP) is 5.10. The van der Waals surface area contributed by atoms with Crippen LogP contribution in [0, 0.1) is 5.82 Å². The van der Waals surface area contributed by atoms with Crippen molar-refractivity contribution in [3.8, 4) is 0 Å². The largest absolute Gasteiger partial charge is 0.465 e. The molecule has 0 aliphatic heterocycles. The average molecular weight is 457 g/mol. The highest BCUT2D eigenvalue weighted by Crippen LogP contribution is 2.34. The summed E-state index contributed by atoms with van der Waals surface area (Å²) in [5.74, 6) is -3.07. The van der Waals surface area contributed by atoms with Crippen LogP contribution in [-0.4, -0.2) is 43.6 Å². The Morgan fingerprint density at radius 2 is 1.48 bits per heavy atom. The van der Waals surface area contributed by atoms with Crippen LogP contribution in [0.2, 0.25) is 0 Å². The third-order valence-corrected chi connectivity index (χ3v) is 5.74. The molecule has 0 saturated carbocycles. The van der Waals surface area contributed by atoms with E-state index < -0.39 is 23.7 Å². The van der Waals surface area contributed by atoms with E-state index in [2.05, 4.69) is 6.92 Å².